The minimum absolute atomic E-state index is 0.167. The van der Waals surface area contributed by atoms with Gasteiger partial charge in [-0.15, -0.1) is 0 Å². The summed E-state index contributed by atoms with van der Waals surface area (Å²) in [7, 11) is -1.94. The highest BCUT2D eigenvalue weighted by atomic mass is 32.2. The number of benzene rings is 1. The average Bonchev–Trinajstić information content (AvgIpc) is 3.24. The van der Waals surface area contributed by atoms with Crippen LogP contribution < -0.4 is 5.32 Å². The lowest BCUT2D eigenvalue weighted by molar-refractivity contribution is 0.452. The Bertz CT molecular complexity index is 585. The number of rotatable bonds is 8. The zero-order valence-electron chi connectivity index (χ0n) is 12.6. The molecule has 0 amide bonds. The average molecular weight is 314 g/mol. The number of nitrogens with one attached hydrogen (secondary N) is 1. The van der Waals surface area contributed by atoms with Crippen LogP contribution in [0.2, 0.25) is 0 Å². The third kappa shape index (κ3) is 4.25. The second-order valence-corrected chi connectivity index (χ2v) is 7.70. The van der Waals surface area contributed by atoms with Crippen molar-refractivity contribution in [2.45, 2.75) is 37.6 Å². The predicted octanol–water partition coefficient (Wildman–Crippen LogP) is 2.36. The summed E-state index contributed by atoms with van der Waals surface area (Å²) in [5, 5.41) is 3.09. The molecule has 2 rings (SSSR count). The Hall–Kier alpha value is -0.980. The van der Waals surface area contributed by atoms with Gasteiger partial charge in [-0.05, 0) is 49.9 Å². The van der Waals surface area contributed by atoms with E-state index in [4.69, 9.17) is 0 Å². The molecule has 0 saturated heterocycles. The van der Waals surface area contributed by atoms with Crippen LogP contribution in [0.3, 0.4) is 0 Å². The van der Waals surface area contributed by atoms with Crippen molar-refractivity contribution in [2.24, 2.45) is 5.92 Å². The van der Waals surface area contributed by atoms with Gasteiger partial charge in [0.1, 0.15) is 5.82 Å². The monoisotopic (exact) mass is 314 g/mol. The summed E-state index contributed by atoms with van der Waals surface area (Å²) in [5.74, 6) is 0.110. The Balaban J connectivity index is 2.15. The van der Waals surface area contributed by atoms with Crippen LogP contribution in [0.1, 0.15) is 31.7 Å². The Morgan fingerprint density at radius 2 is 2.10 bits per heavy atom. The van der Waals surface area contributed by atoms with E-state index in [0.29, 0.717) is 24.6 Å². The molecule has 21 heavy (non-hydrogen) atoms. The summed E-state index contributed by atoms with van der Waals surface area (Å²) >= 11 is 0. The van der Waals surface area contributed by atoms with Crippen LogP contribution in [0.5, 0.6) is 0 Å². The molecule has 0 aliphatic heterocycles. The molecule has 0 radical (unpaired) electrons. The molecule has 0 atom stereocenters. The maximum atomic E-state index is 13.8. The van der Waals surface area contributed by atoms with Gasteiger partial charge < -0.3 is 5.32 Å². The zero-order chi connectivity index (χ0) is 15.5. The summed E-state index contributed by atoms with van der Waals surface area (Å²) in [6, 6.07) is 4.02. The molecule has 0 unspecified atom stereocenters. The molecule has 1 aromatic rings. The second-order valence-electron chi connectivity index (χ2n) is 5.66. The molecule has 1 fully saturated rings. The summed E-state index contributed by atoms with van der Waals surface area (Å²) in [6.07, 6.45) is 3.13. The van der Waals surface area contributed by atoms with Crippen LogP contribution in [-0.2, 0) is 16.6 Å². The van der Waals surface area contributed by atoms with Crippen LogP contribution in [-0.4, -0.2) is 32.9 Å². The van der Waals surface area contributed by atoms with E-state index in [1.165, 1.54) is 22.5 Å². The molecule has 4 nitrogen and oxygen atoms in total. The highest BCUT2D eigenvalue weighted by molar-refractivity contribution is 7.89. The van der Waals surface area contributed by atoms with Gasteiger partial charge in [0.25, 0.3) is 0 Å². The molecule has 6 heteroatoms. The number of sulfonamides is 1. The molecular weight excluding hydrogens is 291 g/mol. The van der Waals surface area contributed by atoms with Crippen molar-refractivity contribution in [1.29, 1.82) is 0 Å². The van der Waals surface area contributed by atoms with E-state index in [9.17, 15) is 12.8 Å². The lowest BCUT2D eigenvalue weighted by Gasteiger charge is -2.17. The fraction of sp³-hybridized carbons (Fsp3) is 0.600. The van der Waals surface area contributed by atoms with E-state index in [-0.39, 0.29) is 10.7 Å². The van der Waals surface area contributed by atoms with Crippen molar-refractivity contribution in [3.63, 3.8) is 0 Å². The zero-order valence-corrected chi connectivity index (χ0v) is 13.4. The Morgan fingerprint density at radius 3 is 2.71 bits per heavy atom. The number of hydrogen-bond donors (Lipinski definition) is 1. The molecular formula is C15H23FN2O2S. The first-order valence-electron chi connectivity index (χ1n) is 7.40. The van der Waals surface area contributed by atoms with Gasteiger partial charge in [-0.2, -0.15) is 0 Å². The van der Waals surface area contributed by atoms with Crippen LogP contribution in [0.4, 0.5) is 4.39 Å². The molecule has 1 aromatic carbocycles. The highest BCUT2D eigenvalue weighted by Gasteiger charge is 2.29. The van der Waals surface area contributed by atoms with E-state index in [1.54, 1.807) is 7.05 Å². The quantitative estimate of drug-likeness (QED) is 0.749. The van der Waals surface area contributed by atoms with Crippen LogP contribution >= 0.6 is 0 Å². The first kappa shape index (κ1) is 16.4. The highest BCUT2D eigenvalue weighted by Crippen LogP contribution is 2.31. The maximum Gasteiger partial charge on any atom is 0.242 e. The van der Waals surface area contributed by atoms with Gasteiger partial charge in [-0.3, -0.25) is 0 Å². The van der Waals surface area contributed by atoms with Gasteiger partial charge in [0, 0.05) is 25.7 Å². The van der Waals surface area contributed by atoms with Crippen LogP contribution in [0.15, 0.2) is 23.1 Å². The van der Waals surface area contributed by atoms with Crippen molar-refractivity contribution in [3.8, 4) is 0 Å². The molecule has 1 aliphatic rings. The van der Waals surface area contributed by atoms with Crippen LogP contribution in [0.25, 0.3) is 0 Å². The maximum absolute atomic E-state index is 13.8. The van der Waals surface area contributed by atoms with E-state index < -0.39 is 10.0 Å². The molecule has 0 spiro atoms. The third-order valence-electron chi connectivity index (χ3n) is 3.68. The SMILES string of the molecule is CCCNCc1cc(S(=O)(=O)N(C)CC2CC2)ccc1F. The minimum Gasteiger partial charge on any atom is -0.313 e. The first-order chi connectivity index (χ1) is 9.95. The van der Waals surface area contributed by atoms with Crippen molar-refractivity contribution in [1.82, 2.24) is 9.62 Å². The number of halogens is 1. The minimum atomic E-state index is -3.53. The van der Waals surface area contributed by atoms with E-state index in [2.05, 4.69) is 5.32 Å². The topological polar surface area (TPSA) is 49.4 Å². The predicted molar refractivity (Wildman–Crippen MR) is 80.9 cm³/mol. The molecule has 118 valence electrons. The normalized spacial score (nSPS) is 15.6. The third-order valence-corrected chi connectivity index (χ3v) is 5.50. The van der Waals surface area contributed by atoms with Crippen molar-refractivity contribution in [2.75, 3.05) is 20.1 Å². The van der Waals surface area contributed by atoms with E-state index in [1.807, 2.05) is 6.92 Å². The summed E-state index contributed by atoms with van der Waals surface area (Å²) < 4.78 is 40.1. The second kappa shape index (κ2) is 6.85. The van der Waals surface area contributed by atoms with Crippen LogP contribution in [0, 0.1) is 11.7 Å². The van der Waals surface area contributed by atoms with Gasteiger partial charge in [-0.1, -0.05) is 6.92 Å². The summed E-state index contributed by atoms with van der Waals surface area (Å²) in [5.41, 5.74) is 0.393. The Kier molecular flexibility index (Phi) is 5.35. The Morgan fingerprint density at radius 1 is 1.38 bits per heavy atom. The number of hydrogen-bond acceptors (Lipinski definition) is 3. The summed E-state index contributed by atoms with van der Waals surface area (Å²) in [4.78, 5) is 0.167. The lowest BCUT2D eigenvalue weighted by atomic mass is 10.2. The molecule has 0 aromatic heterocycles. The van der Waals surface area contributed by atoms with Gasteiger partial charge >= 0.3 is 0 Å². The van der Waals surface area contributed by atoms with E-state index >= 15 is 0 Å². The first-order valence-corrected chi connectivity index (χ1v) is 8.84. The van der Waals surface area contributed by atoms with Gasteiger partial charge in [0.05, 0.1) is 4.90 Å². The van der Waals surface area contributed by atoms with E-state index in [0.717, 1.165) is 25.8 Å². The Labute approximate surface area is 126 Å². The van der Waals surface area contributed by atoms with Gasteiger partial charge in [-0.25, -0.2) is 17.1 Å². The fourth-order valence-corrected chi connectivity index (χ4v) is 3.49. The summed E-state index contributed by atoms with van der Waals surface area (Å²) in [6.45, 7) is 3.69. The molecule has 1 aliphatic carbocycles. The molecule has 1 N–H and O–H groups in total. The smallest absolute Gasteiger partial charge is 0.242 e. The fourth-order valence-electron chi connectivity index (χ4n) is 2.19. The molecule has 1 saturated carbocycles. The molecule has 0 bridgehead atoms. The largest absolute Gasteiger partial charge is 0.313 e. The molecule has 0 heterocycles. The van der Waals surface area contributed by atoms with Gasteiger partial charge in [0.2, 0.25) is 10.0 Å². The van der Waals surface area contributed by atoms with Crippen molar-refractivity contribution in [3.05, 3.63) is 29.6 Å². The standard InChI is InChI=1S/C15H23FN2O2S/c1-3-8-17-10-13-9-14(6-7-15(13)16)21(19,20)18(2)11-12-4-5-12/h6-7,9,12,17H,3-5,8,10-11H2,1-2H3. The van der Waals surface area contributed by atoms with Crippen molar-refractivity contribution >= 4 is 10.0 Å². The van der Waals surface area contributed by atoms with Gasteiger partial charge in [0.15, 0.2) is 0 Å². The van der Waals surface area contributed by atoms with Crippen molar-refractivity contribution < 1.29 is 12.8 Å². The lowest BCUT2D eigenvalue weighted by Crippen LogP contribution is -2.29. The number of nitrogens with zero attached hydrogens (tertiary/aromatic N) is 1.